The van der Waals surface area contributed by atoms with Gasteiger partial charge >= 0.3 is 0 Å². The molecule has 2 heterocycles. The van der Waals surface area contributed by atoms with Crippen molar-refractivity contribution in [1.29, 1.82) is 0 Å². The summed E-state index contributed by atoms with van der Waals surface area (Å²) in [6.45, 7) is 1.87. The second-order valence-corrected chi connectivity index (χ2v) is 4.11. The van der Waals surface area contributed by atoms with Crippen LogP contribution >= 0.6 is 0 Å². The molecule has 1 amide bonds. The lowest BCUT2D eigenvalue weighted by molar-refractivity contribution is 0.0945. The second kappa shape index (κ2) is 3.30. The van der Waals surface area contributed by atoms with Crippen LogP contribution in [-0.2, 0) is 0 Å². The SMILES string of the molecule is Cc1c(C(=O)NC2CC2)nn2cccnc12. The first kappa shape index (κ1) is 9.33. The third-order valence-corrected chi connectivity index (χ3v) is 2.75. The van der Waals surface area contributed by atoms with Gasteiger partial charge in [-0.05, 0) is 25.8 Å². The maximum Gasteiger partial charge on any atom is 0.272 e. The summed E-state index contributed by atoms with van der Waals surface area (Å²) in [5.74, 6) is -0.0921. The highest BCUT2D eigenvalue weighted by Gasteiger charge is 2.26. The zero-order valence-electron chi connectivity index (χ0n) is 8.97. The molecule has 0 atom stereocenters. The number of aromatic nitrogens is 3. The summed E-state index contributed by atoms with van der Waals surface area (Å²) >= 11 is 0. The number of nitrogens with one attached hydrogen (secondary N) is 1. The van der Waals surface area contributed by atoms with Crippen LogP contribution in [-0.4, -0.2) is 26.5 Å². The maximum atomic E-state index is 11.9. The van der Waals surface area contributed by atoms with Crippen LogP contribution in [0, 0.1) is 6.92 Å². The van der Waals surface area contributed by atoms with E-state index in [2.05, 4.69) is 15.4 Å². The van der Waals surface area contributed by atoms with Gasteiger partial charge in [-0.25, -0.2) is 9.50 Å². The highest BCUT2D eigenvalue weighted by Crippen LogP contribution is 2.20. The molecule has 0 saturated heterocycles. The Balaban J connectivity index is 2.02. The van der Waals surface area contributed by atoms with Crippen molar-refractivity contribution in [1.82, 2.24) is 19.9 Å². The van der Waals surface area contributed by atoms with E-state index >= 15 is 0 Å². The van der Waals surface area contributed by atoms with E-state index in [0.29, 0.717) is 11.7 Å². The van der Waals surface area contributed by atoms with E-state index in [9.17, 15) is 4.79 Å². The predicted octanol–water partition coefficient (Wildman–Crippen LogP) is 0.930. The van der Waals surface area contributed by atoms with Crippen molar-refractivity contribution in [2.75, 3.05) is 0 Å². The van der Waals surface area contributed by atoms with Crippen LogP contribution in [0.5, 0.6) is 0 Å². The molecule has 1 aliphatic rings. The lowest BCUT2D eigenvalue weighted by atomic mass is 10.2. The molecule has 1 aliphatic carbocycles. The molecule has 82 valence electrons. The predicted molar refractivity (Wildman–Crippen MR) is 58.2 cm³/mol. The molecular weight excluding hydrogens is 204 g/mol. The first-order chi connectivity index (χ1) is 7.75. The fourth-order valence-electron chi connectivity index (χ4n) is 1.70. The largest absolute Gasteiger partial charge is 0.348 e. The first-order valence-electron chi connectivity index (χ1n) is 5.36. The molecule has 1 fully saturated rings. The summed E-state index contributed by atoms with van der Waals surface area (Å²) in [5.41, 5.74) is 2.05. The van der Waals surface area contributed by atoms with Crippen LogP contribution in [0.15, 0.2) is 18.5 Å². The van der Waals surface area contributed by atoms with Crippen LogP contribution in [0.1, 0.15) is 28.9 Å². The summed E-state index contributed by atoms with van der Waals surface area (Å²) in [6.07, 6.45) is 5.66. The molecule has 3 rings (SSSR count). The van der Waals surface area contributed by atoms with Crippen molar-refractivity contribution >= 4 is 11.6 Å². The Bertz CT molecular complexity index is 556. The number of carbonyl (C=O) groups is 1. The van der Waals surface area contributed by atoms with Gasteiger partial charge in [0.1, 0.15) is 0 Å². The lowest BCUT2D eigenvalue weighted by Crippen LogP contribution is -2.26. The van der Waals surface area contributed by atoms with Gasteiger partial charge in [0.25, 0.3) is 5.91 Å². The molecule has 0 radical (unpaired) electrons. The molecule has 16 heavy (non-hydrogen) atoms. The number of nitrogens with zero attached hydrogens (tertiary/aromatic N) is 3. The van der Waals surface area contributed by atoms with Gasteiger partial charge in [0.05, 0.1) is 0 Å². The summed E-state index contributed by atoms with van der Waals surface area (Å²) < 4.78 is 1.64. The molecule has 0 unspecified atom stereocenters. The van der Waals surface area contributed by atoms with Crippen molar-refractivity contribution in [3.63, 3.8) is 0 Å². The minimum absolute atomic E-state index is 0.0921. The van der Waals surface area contributed by atoms with Crippen LogP contribution in [0.3, 0.4) is 0 Å². The lowest BCUT2D eigenvalue weighted by Gasteiger charge is -1.99. The van der Waals surface area contributed by atoms with Gasteiger partial charge in [0.15, 0.2) is 11.3 Å². The molecule has 0 bridgehead atoms. The quantitative estimate of drug-likeness (QED) is 0.812. The molecule has 0 aromatic carbocycles. The second-order valence-electron chi connectivity index (χ2n) is 4.11. The van der Waals surface area contributed by atoms with Gasteiger partial charge in [0, 0.05) is 24.0 Å². The van der Waals surface area contributed by atoms with Gasteiger partial charge in [-0.1, -0.05) is 0 Å². The summed E-state index contributed by atoms with van der Waals surface area (Å²) in [5, 5.41) is 7.16. The Morgan fingerprint density at radius 3 is 3.06 bits per heavy atom. The van der Waals surface area contributed by atoms with Crippen LogP contribution in [0.2, 0.25) is 0 Å². The third kappa shape index (κ3) is 1.44. The highest BCUT2D eigenvalue weighted by molar-refractivity contribution is 5.95. The van der Waals surface area contributed by atoms with E-state index in [1.165, 1.54) is 0 Å². The van der Waals surface area contributed by atoms with Gasteiger partial charge in [-0.2, -0.15) is 5.10 Å². The monoisotopic (exact) mass is 216 g/mol. The summed E-state index contributed by atoms with van der Waals surface area (Å²) in [4.78, 5) is 16.1. The van der Waals surface area contributed by atoms with E-state index in [4.69, 9.17) is 0 Å². The summed E-state index contributed by atoms with van der Waals surface area (Å²) in [6, 6.07) is 2.15. The van der Waals surface area contributed by atoms with Gasteiger partial charge in [0.2, 0.25) is 0 Å². The Labute approximate surface area is 92.5 Å². The molecule has 0 aliphatic heterocycles. The Morgan fingerprint density at radius 2 is 2.38 bits per heavy atom. The molecule has 0 spiro atoms. The van der Waals surface area contributed by atoms with Crippen molar-refractivity contribution in [3.05, 3.63) is 29.7 Å². The zero-order valence-corrected chi connectivity index (χ0v) is 8.97. The number of hydrogen-bond acceptors (Lipinski definition) is 3. The van der Waals surface area contributed by atoms with Crippen molar-refractivity contribution in [3.8, 4) is 0 Å². The zero-order chi connectivity index (χ0) is 11.1. The van der Waals surface area contributed by atoms with Crippen molar-refractivity contribution < 1.29 is 4.79 Å². The smallest absolute Gasteiger partial charge is 0.272 e. The maximum absolute atomic E-state index is 11.9. The summed E-state index contributed by atoms with van der Waals surface area (Å²) in [7, 11) is 0. The van der Waals surface area contributed by atoms with E-state index in [0.717, 1.165) is 24.1 Å². The molecule has 2 aromatic heterocycles. The number of amides is 1. The molecule has 2 aromatic rings. The van der Waals surface area contributed by atoms with Gasteiger partial charge in [-0.3, -0.25) is 4.79 Å². The average Bonchev–Trinajstić information content (AvgIpc) is 3.03. The van der Waals surface area contributed by atoms with E-state index in [-0.39, 0.29) is 5.91 Å². The fraction of sp³-hybridized carbons (Fsp3) is 0.364. The molecule has 1 saturated carbocycles. The van der Waals surface area contributed by atoms with Crippen LogP contribution in [0.25, 0.3) is 5.65 Å². The highest BCUT2D eigenvalue weighted by atomic mass is 16.2. The average molecular weight is 216 g/mol. The van der Waals surface area contributed by atoms with Crippen molar-refractivity contribution in [2.45, 2.75) is 25.8 Å². The Kier molecular flexibility index (Phi) is 1.92. The van der Waals surface area contributed by atoms with Crippen LogP contribution in [0.4, 0.5) is 0 Å². The third-order valence-electron chi connectivity index (χ3n) is 2.75. The molecule has 5 heteroatoms. The van der Waals surface area contributed by atoms with Crippen molar-refractivity contribution in [2.24, 2.45) is 0 Å². The number of carbonyl (C=O) groups excluding carboxylic acids is 1. The van der Waals surface area contributed by atoms with Gasteiger partial charge in [-0.15, -0.1) is 0 Å². The first-order valence-corrected chi connectivity index (χ1v) is 5.36. The number of aryl methyl sites for hydroxylation is 1. The molecular formula is C11H12N4O. The minimum atomic E-state index is -0.0921. The minimum Gasteiger partial charge on any atom is -0.348 e. The number of rotatable bonds is 2. The van der Waals surface area contributed by atoms with Crippen LogP contribution < -0.4 is 5.32 Å². The van der Waals surface area contributed by atoms with E-state index in [1.54, 1.807) is 23.0 Å². The molecule has 5 nitrogen and oxygen atoms in total. The normalized spacial score (nSPS) is 15.3. The topological polar surface area (TPSA) is 59.3 Å². The van der Waals surface area contributed by atoms with Gasteiger partial charge < -0.3 is 5.32 Å². The standard InChI is InChI=1S/C11H12N4O/c1-7-9(11(16)13-8-3-4-8)14-15-6-2-5-12-10(7)15/h2,5-6,8H,3-4H2,1H3,(H,13,16). The van der Waals surface area contributed by atoms with E-state index in [1.807, 2.05) is 6.92 Å². The Hall–Kier alpha value is -1.91. The number of fused-ring (bicyclic) bond motifs is 1. The molecule has 1 N–H and O–H groups in total. The van der Waals surface area contributed by atoms with E-state index < -0.39 is 0 Å². The fourth-order valence-corrected chi connectivity index (χ4v) is 1.70. The Morgan fingerprint density at radius 1 is 1.56 bits per heavy atom. The number of hydrogen-bond donors (Lipinski definition) is 1.